The molecule has 1 heterocycles. The highest BCUT2D eigenvalue weighted by Crippen LogP contribution is 2.12. The molecule has 0 fully saturated rings. The number of carbonyl (C=O) groups excluding carboxylic acids is 1. The molecule has 0 aliphatic rings. The maximum absolute atomic E-state index is 11.6. The predicted molar refractivity (Wildman–Crippen MR) is 63.3 cm³/mol. The Labute approximate surface area is 96.8 Å². The van der Waals surface area contributed by atoms with E-state index >= 15 is 0 Å². The van der Waals surface area contributed by atoms with Crippen LogP contribution < -0.4 is 0 Å². The molecule has 0 N–H and O–H groups in total. The van der Waals surface area contributed by atoms with Gasteiger partial charge in [-0.25, -0.2) is 0 Å². The third kappa shape index (κ3) is 4.01. The van der Waals surface area contributed by atoms with Gasteiger partial charge >= 0.3 is 5.97 Å². The summed E-state index contributed by atoms with van der Waals surface area (Å²) < 4.78 is 5.25. The molecule has 3 nitrogen and oxygen atoms in total. The largest absolute Gasteiger partial charge is 0.460 e. The number of aryl methyl sites for hydroxylation is 2. The Kier molecular flexibility index (Phi) is 3.68. The summed E-state index contributed by atoms with van der Waals surface area (Å²) in [6, 6.07) is 2.02. The molecule has 0 aromatic carbocycles. The Hall–Kier alpha value is -1.38. The molecule has 1 aromatic rings. The molecule has 3 heteroatoms. The first-order chi connectivity index (χ1) is 7.28. The first-order valence-corrected chi connectivity index (χ1v) is 5.42. The lowest BCUT2D eigenvalue weighted by Crippen LogP contribution is -2.25. The molecule has 0 spiro atoms. The fourth-order valence-electron chi connectivity index (χ4n) is 1.44. The van der Waals surface area contributed by atoms with Crippen LogP contribution in [0, 0.1) is 13.8 Å². The molecule has 0 unspecified atom stereocenters. The van der Waals surface area contributed by atoms with Gasteiger partial charge in [0.2, 0.25) is 0 Å². The maximum atomic E-state index is 11.6. The molecule has 0 aliphatic carbocycles. The summed E-state index contributed by atoms with van der Waals surface area (Å²) in [5.41, 5.74) is 2.49. The Morgan fingerprint density at radius 3 is 2.50 bits per heavy atom. The minimum atomic E-state index is -0.435. The van der Waals surface area contributed by atoms with Crippen LogP contribution >= 0.6 is 0 Å². The van der Waals surface area contributed by atoms with E-state index in [1.807, 2.05) is 40.7 Å². The van der Waals surface area contributed by atoms with E-state index in [4.69, 9.17) is 4.74 Å². The lowest BCUT2D eigenvalue weighted by atomic mass is 10.1. The lowest BCUT2D eigenvalue weighted by Gasteiger charge is -2.19. The third-order valence-corrected chi connectivity index (χ3v) is 2.06. The number of hydrogen-bond acceptors (Lipinski definition) is 3. The van der Waals surface area contributed by atoms with E-state index in [-0.39, 0.29) is 12.4 Å². The fraction of sp³-hybridized carbons (Fsp3) is 0.538. The van der Waals surface area contributed by atoms with Gasteiger partial charge in [-0.1, -0.05) is 6.07 Å². The van der Waals surface area contributed by atoms with E-state index in [1.54, 1.807) is 6.20 Å². The Morgan fingerprint density at radius 1 is 1.38 bits per heavy atom. The van der Waals surface area contributed by atoms with E-state index in [0.29, 0.717) is 0 Å². The summed E-state index contributed by atoms with van der Waals surface area (Å²) in [4.78, 5) is 15.8. The van der Waals surface area contributed by atoms with Gasteiger partial charge in [0.15, 0.2) is 0 Å². The highest BCUT2D eigenvalue weighted by molar-refractivity contribution is 5.72. The second kappa shape index (κ2) is 4.64. The van der Waals surface area contributed by atoms with Gasteiger partial charge < -0.3 is 4.74 Å². The molecule has 88 valence electrons. The number of ether oxygens (including phenoxy) is 1. The second-order valence-corrected chi connectivity index (χ2v) is 5.04. The maximum Gasteiger partial charge on any atom is 0.312 e. The quantitative estimate of drug-likeness (QED) is 0.720. The number of esters is 1. The van der Waals surface area contributed by atoms with Crippen molar-refractivity contribution in [3.05, 3.63) is 29.1 Å². The monoisotopic (exact) mass is 221 g/mol. The average molecular weight is 221 g/mol. The van der Waals surface area contributed by atoms with E-state index in [1.165, 1.54) is 0 Å². The van der Waals surface area contributed by atoms with Crippen molar-refractivity contribution in [1.29, 1.82) is 0 Å². The van der Waals surface area contributed by atoms with Gasteiger partial charge in [-0.05, 0) is 45.7 Å². The van der Waals surface area contributed by atoms with Gasteiger partial charge in [0.1, 0.15) is 5.60 Å². The molecule has 1 aromatic heterocycles. The van der Waals surface area contributed by atoms with Crippen LogP contribution in [0.25, 0.3) is 0 Å². The van der Waals surface area contributed by atoms with Crippen LogP contribution in [0.5, 0.6) is 0 Å². The predicted octanol–water partition coefficient (Wildman–Crippen LogP) is 2.58. The minimum Gasteiger partial charge on any atom is -0.460 e. The van der Waals surface area contributed by atoms with E-state index in [9.17, 15) is 4.79 Å². The molecular weight excluding hydrogens is 202 g/mol. The number of aromatic nitrogens is 1. The summed E-state index contributed by atoms with van der Waals surface area (Å²) in [5, 5.41) is 0. The fourth-order valence-corrected chi connectivity index (χ4v) is 1.44. The molecule has 0 saturated carbocycles. The van der Waals surface area contributed by atoms with Crippen LogP contribution in [0.15, 0.2) is 12.3 Å². The number of pyridine rings is 1. The van der Waals surface area contributed by atoms with Crippen molar-refractivity contribution >= 4 is 5.97 Å². The Bertz CT molecular complexity index is 391. The number of hydrogen-bond donors (Lipinski definition) is 0. The van der Waals surface area contributed by atoms with Crippen LogP contribution in [-0.2, 0) is 16.0 Å². The highest BCUT2D eigenvalue weighted by Gasteiger charge is 2.17. The average Bonchev–Trinajstić information content (AvgIpc) is 2.06. The smallest absolute Gasteiger partial charge is 0.312 e. The summed E-state index contributed by atoms with van der Waals surface area (Å²) >= 11 is 0. The van der Waals surface area contributed by atoms with Crippen LogP contribution in [0.3, 0.4) is 0 Å². The molecule has 0 amide bonds. The number of nitrogens with zero attached hydrogens (tertiary/aromatic N) is 1. The van der Waals surface area contributed by atoms with Gasteiger partial charge in [0.25, 0.3) is 0 Å². The topological polar surface area (TPSA) is 39.2 Å². The van der Waals surface area contributed by atoms with Crippen molar-refractivity contribution in [1.82, 2.24) is 4.98 Å². The zero-order chi connectivity index (χ0) is 12.3. The highest BCUT2D eigenvalue weighted by atomic mass is 16.6. The Balaban J connectivity index is 2.70. The standard InChI is InChI=1S/C13H19NO2/c1-9-6-10(2)11(14-8-9)7-12(15)16-13(3,4)5/h6,8H,7H2,1-5H3. The van der Waals surface area contributed by atoms with Gasteiger partial charge in [-0.2, -0.15) is 0 Å². The molecule has 1 rings (SSSR count). The normalized spacial score (nSPS) is 11.3. The molecule has 0 atom stereocenters. The first-order valence-electron chi connectivity index (χ1n) is 5.42. The zero-order valence-corrected chi connectivity index (χ0v) is 10.6. The minimum absolute atomic E-state index is 0.230. The zero-order valence-electron chi connectivity index (χ0n) is 10.6. The van der Waals surface area contributed by atoms with Crippen molar-refractivity contribution in [2.75, 3.05) is 0 Å². The number of carbonyl (C=O) groups is 1. The molecular formula is C13H19NO2. The van der Waals surface area contributed by atoms with Crippen LogP contribution in [-0.4, -0.2) is 16.6 Å². The third-order valence-electron chi connectivity index (χ3n) is 2.06. The Morgan fingerprint density at radius 2 is 2.00 bits per heavy atom. The lowest BCUT2D eigenvalue weighted by molar-refractivity contribution is -0.154. The van der Waals surface area contributed by atoms with Crippen molar-refractivity contribution in [2.24, 2.45) is 0 Å². The molecule has 0 aliphatic heterocycles. The van der Waals surface area contributed by atoms with E-state index in [2.05, 4.69) is 4.98 Å². The first kappa shape index (κ1) is 12.7. The van der Waals surface area contributed by atoms with Gasteiger partial charge in [0.05, 0.1) is 12.1 Å². The molecule has 0 saturated heterocycles. The molecule has 0 radical (unpaired) electrons. The van der Waals surface area contributed by atoms with Crippen molar-refractivity contribution < 1.29 is 9.53 Å². The van der Waals surface area contributed by atoms with E-state index < -0.39 is 5.60 Å². The molecule has 0 bridgehead atoms. The second-order valence-electron chi connectivity index (χ2n) is 5.04. The van der Waals surface area contributed by atoms with Gasteiger partial charge in [0, 0.05) is 6.20 Å². The van der Waals surface area contributed by atoms with Crippen molar-refractivity contribution in [3.63, 3.8) is 0 Å². The SMILES string of the molecule is Cc1cnc(CC(=O)OC(C)(C)C)c(C)c1. The van der Waals surface area contributed by atoms with Crippen molar-refractivity contribution in [3.8, 4) is 0 Å². The van der Waals surface area contributed by atoms with Crippen molar-refractivity contribution in [2.45, 2.75) is 46.6 Å². The molecule has 16 heavy (non-hydrogen) atoms. The van der Waals surface area contributed by atoms with Crippen LogP contribution in [0.4, 0.5) is 0 Å². The summed E-state index contributed by atoms with van der Waals surface area (Å²) in [7, 11) is 0. The number of rotatable bonds is 2. The van der Waals surface area contributed by atoms with Crippen LogP contribution in [0.1, 0.15) is 37.6 Å². The summed E-state index contributed by atoms with van der Waals surface area (Å²) in [5.74, 6) is -0.230. The van der Waals surface area contributed by atoms with Crippen LogP contribution in [0.2, 0.25) is 0 Å². The van der Waals surface area contributed by atoms with Gasteiger partial charge in [-0.15, -0.1) is 0 Å². The van der Waals surface area contributed by atoms with E-state index in [0.717, 1.165) is 16.8 Å². The van der Waals surface area contributed by atoms with Gasteiger partial charge in [-0.3, -0.25) is 9.78 Å². The summed E-state index contributed by atoms with van der Waals surface area (Å²) in [6.45, 7) is 9.53. The summed E-state index contributed by atoms with van der Waals surface area (Å²) in [6.07, 6.45) is 2.01.